The molecule has 1 heterocycles. The van der Waals surface area contributed by atoms with Gasteiger partial charge in [-0.3, -0.25) is 0 Å². The Labute approximate surface area is 77.2 Å². The van der Waals surface area contributed by atoms with Gasteiger partial charge in [0.15, 0.2) is 0 Å². The molecule has 0 radical (unpaired) electrons. The van der Waals surface area contributed by atoms with Crippen LogP contribution in [0.4, 0.5) is 0 Å². The predicted molar refractivity (Wildman–Crippen MR) is 50.0 cm³/mol. The zero-order chi connectivity index (χ0) is 8.81. The van der Waals surface area contributed by atoms with E-state index in [1.807, 2.05) is 25.1 Å². The molecule has 0 fully saturated rings. The lowest BCUT2D eigenvalue weighted by atomic mass is 10.4. The first-order valence-electron chi connectivity index (χ1n) is 3.84. The van der Waals surface area contributed by atoms with Crippen LogP contribution in [0.2, 0.25) is 0 Å². The summed E-state index contributed by atoms with van der Waals surface area (Å²) in [6, 6.07) is 3.81. The fourth-order valence-electron chi connectivity index (χ4n) is 0.821. The largest absolute Gasteiger partial charge is 0.468 e. The lowest BCUT2D eigenvalue weighted by Crippen LogP contribution is -2.12. The number of furan rings is 1. The molecule has 1 aromatic heterocycles. The van der Waals surface area contributed by atoms with Gasteiger partial charge in [-0.05, 0) is 19.1 Å². The summed E-state index contributed by atoms with van der Waals surface area (Å²) in [5, 5.41) is 3.97. The van der Waals surface area contributed by atoms with Gasteiger partial charge in [-0.15, -0.1) is 0 Å². The van der Waals surface area contributed by atoms with Crippen LogP contribution in [0, 0.1) is 0 Å². The molecule has 0 spiro atoms. The van der Waals surface area contributed by atoms with E-state index in [0.29, 0.717) is 0 Å². The van der Waals surface area contributed by atoms with Crippen LogP contribution in [0.3, 0.4) is 0 Å². The number of hydrogen-bond donors (Lipinski definition) is 1. The first kappa shape index (κ1) is 9.36. The van der Waals surface area contributed by atoms with Crippen molar-refractivity contribution in [3.63, 3.8) is 0 Å². The van der Waals surface area contributed by atoms with Gasteiger partial charge in [-0.1, -0.05) is 17.7 Å². The molecule has 0 saturated heterocycles. The molecule has 0 atom stereocenters. The minimum absolute atomic E-state index is 0.744. The Morgan fingerprint density at radius 2 is 2.58 bits per heavy atom. The standard InChI is InChI=1S/C9H12ClNO/c1-8(10)4-5-11-7-9-3-2-6-12-9/h2-4,6,11H,5,7H2,1H3/b8-4+. The summed E-state index contributed by atoms with van der Waals surface area (Å²) in [5.41, 5.74) is 0. The number of rotatable bonds is 4. The summed E-state index contributed by atoms with van der Waals surface area (Å²) in [6.45, 7) is 3.37. The molecule has 1 N–H and O–H groups in total. The first-order valence-corrected chi connectivity index (χ1v) is 4.22. The Morgan fingerprint density at radius 1 is 1.75 bits per heavy atom. The van der Waals surface area contributed by atoms with Gasteiger partial charge in [0.05, 0.1) is 12.8 Å². The SMILES string of the molecule is C/C(Cl)=C\CNCc1ccco1. The molecule has 0 aliphatic rings. The molecule has 0 amide bonds. The van der Waals surface area contributed by atoms with Crippen molar-refractivity contribution in [3.8, 4) is 0 Å². The van der Waals surface area contributed by atoms with Crippen molar-refractivity contribution in [1.82, 2.24) is 5.32 Å². The maximum absolute atomic E-state index is 5.64. The van der Waals surface area contributed by atoms with Crippen LogP contribution in [0.15, 0.2) is 33.9 Å². The van der Waals surface area contributed by atoms with Crippen LogP contribution >= 0.6 is 11.6 Å². The fraction of sp³-hybridized carbons (Fsp3) is 0.333. The Bertz CT molecular complexity index is 237. The fourth-order valence-corrected chi connectivity index (χ4v) is 0.898. The van der Waals surface area contributed by atoms with Crippen molar-refractivity contribution in [2.45, 2.75) is 13.5 Å². The maximum atomic E-state index is 5.64. The Morgan fingerprint density at radius 3 is 3.17 bits per heavy atom. The van der Waals surface area contributed by atoms with Gasteiger partial charge in [0.25, 0.3) is 0 Å². The summed E-state index contributed by atoms with van der Waals surface area (Å²) in [6.07, 6.45) is 3.59. The third kappa shape index (κ3) is 3.60. The van der Waals surface area contributed by atoms with Crippen molar-refractivity contribution >= 4 is 11.6 Å². The molecule has 0 saturated carbocycles. The zero-order valence-electron chi connectivity index (χ0n) is 7.01. The van der Waals surface area contributed by atoms with Crippen LogP contribution in [0.5, 0.6) is 0 Å². The Balaban J connectivity index is 2.16. The van der Waals surface area contributed by atoms with Gasteiger partial charge in [-0.25, -0.2) is 0 Å². The van der Waals surface area contributed by atoms with E-state index in [4.69, 9.17) is 16.0 Å². The summed E-state index contributed by atoms with van der Waals surface area (Å²) in [4.78, 5) is 0. The molecule has 66 valence electrons. The lowest BCUT2D eigenvalue weighted by molar-refractivity contribution is 0.490. The Kier molecular flexibility index (Phi) is 3.91. The van der Waals surface area contributed by atoms with Crippen LogP contribution in [0.1, 0.15) is 12.7 Å². The number of halogens is 1. The molecular formula is C9H12ClNO. The molecule has 12 heavy (non-hydrogen) atoms. The molecule has 1 rings (SSSR count). The summed E-state index contributed by atoms with van der Waals surface area (Å²) in [7, 11) is 0. The van der Waals surface area contributed by atoms with Gasteiger partial charge in [-0.2, -0.15) is 0 Å². The maximum Gasteiger partial charge on any atom is 0.117 e. The summed E-state index contributed by atoms with van der Waals surface area (Å²) >= 11 is 5.64. The van der Waals surface area contributed by atoms with E-state index in [1.54, 1.807) is 6.26 Å². The van der Waals surface area contributed by atoms with Crippen LogP contribution < -0.4 is 5.32 Å². The average Bonchev–Trinajstić information content (AvgIpc) is 2.49. The second-order valence-electron chi connectivity index (χ2n) is 2.50. The smallest absolute Gasteiger partial charge is 0.117 e. The highest BCUT2D eigenvalue weighted by Gasteiger charge is 1.91. The van der Waals surface area contributed by atoms with E-state index in [9.17, 15) is 0 Å². The monoisotopic (exact) mass is 185 g/mol. The normalized spacial score (nSPS) is 12.0. The average molecular weight is 186 g/mol. The van der Waals surface area contributed by atoms with E-state index < -0.39 is 0 Å². The molecule has 0 unspecified atom stereocenters. The zero-order valence-corrected chi connectivity index (χ0v) is 7.77. The van der Waals surface area contributed by atoms with Crippen LogP contribution in [0.25, 0.3) is 0 Å². The third-order valence-electron chi connectivity index (χ3n) is 1.41. The second kappa shape index (κ2) is 5.01. The summed E-state index contributed by atoms with van der Waals surface area (Å²) in [5.74, 6) is 0.940. The Hall–Kier alpha value is -0.730. The van der Waals surface area contributed by atoms with Crippen molar-refractivity contribution in [1.29, 1.82) is 0 Å². The highest BCUT2D eigenvalue weighted by molar-refractivity contribution is 6.29. The van der Waals surface area contributed by atoms with Crippen molar-refractivity contribution in [3.05, 3.63) is 35.3 Å². The van der Waals surface area contributed by atoms with E-state index in [2.05, 4.69) is 5.32 Å². The third-order valence-corrected chi connectivity index (χ3v) is 1.56. The molecule has 0 aliphatic carbocycles. The van der Waals surface area contributed by atoms with Crippen molar-refractivity contribution in [2.24, 2.45) is 0 Å². The van der Waals surface area contributed by atoms with Gasteiger partial charge in [0.1, 0.15) is 5.76 Å². The van der Waals surface area contributed by atoms with Gasteiger partial charge < -0.3 is 9.73 Å². The van der Waals surface area contributed by atoms with E-state index in [0.717, 1.165) is 23.9 Å². The lowest BCUT2D eigenvalue weighted by Gasteiger charge is -1.97. The predicted octanol–water partition coefficient (Wildman–Crippen LogP) is 2.51. The molecular weight excluding hydrogens is 174 g/mol. The molecule has 0 bridgehead atoms. The van der Waals surface area contributed by atoms with Crippen molar-refractivity contribution in [2.75, 3.05) is 6.54 Å². The molecule has 3 heteroatoms. The van der Waals surface area contributed by atoms with Crippen molar-refractivity contribution < 1.29 is 4.42 Å². The quantitative estimate of drug-likeness (QED) is 0.730. The van der Waals surface area contributed by atoms with E-state index in [1.165, 1.54) is 0 Å². The second-order valence-corrected chi connectivity index (χ2v) is 3.10. The van der Waals surface area contributed by atoms with Gasteiger partial charge >= 0.3 is 0 Å². The number of allylic oxidation sites excluding steroid dienone is 1. The van der Waals surface area contributed by atoms with Crippen LogP contribution in [-0.4, -0.2) is 6.54 Å². The minimum Gasteiger partial charge on any atom is -0.468 e. The molecule has 0 aromatic carbocycles. The molecule has 0 aliphatic heterocycles. The first-order chi connectivity index (χ1) is 5.79. The molecule has 1 aromatic rings. The van der Waals surface area contributed by atoms with Crippen LogP contribution in [-0.2, 0) is 6.54 Å². The number of nitrogens with one attached hydrogen (secondary N) is 1. The highest BCUT2D eigenvalue weighted by Crippen LogP contribution is 1.99. The van der Waals surface area contributed by atoms with E-state index >= 15 is 0 Å². The van der Waals surface area contributed by atoms with Gasteiger partial charge in [0, 0.05) is 11.6 Å². The molecule has 2 nitrogen and oxygen atoms in total. The highest BCUT2D eigenvalue weighted by atomic mass is 35.5. The number of hydrogen-bond acceptors (Lipinski definition) is 2. The topological polar surface area (TPSA) is 25.2 Å². The van der Waals surface area contributed by atoms with E-state index in [-0.39, 0.29) is 0 Å². The summed E-state index contributed by atoms with van der Waals surface area (Å²) < 4.78 is 5.12. The minimum atomic E-state index is 0.744. The van der Waals surface area contributed by atoms with Gasteiger partial charge in [0.2, 0.25) is 0 Å².